The van der Waals surface area contributed by atoms with Gasteiger partial charge in [0.15, 0.2) is 0 Å². The normalized spacial score (nSPS) is 25.7. The fourth-order valence-corrected chi connectivity index (χ4v) is 2.77. The van der Waals surface area contributed by atoms with Crippen LogP contribution in [0.3, 0.4) is 0 Å². The Morgan fingerprint density at radius 3 is 2.83 bits per heavy atom. The van der Waals surface area contributed by atoms with E-state index in [1.165, 1.54) is 0 Å². The van der Waals surface area contributed by atoms with Crippen molar-refractivity contribution in [3.05, 3.63) is 36.1 Å². The van der Waals surface area contributed by atoms with Crippen molar-refractivity contribution in [3.8, 4) is 0 Å². The second-order valence-corrected chi connectivity index (χ2v) is 5.05. The van der Waals surface area contributed by atoms with Crippen molar-refractivity contribution in [1.29, 1.82) is 0 Å². The van der Waals surface area contributed by atoms with E-state index in [2.05, 4.69) is 24.4 Å². The van der Waals surface area contributed by atoms with Gasteiger partial charge in [0, 0.05) is 12.0 Å². The number of hydrogen-bond acceptors (Lipinski definition) is 3. The van der Waals surface area contributed by atoms with Gasteiger partial charge in [0.25, 0.3) is 0 Å². The molecule has 1 aromatic heterocycles. The lowest BCUT2D eigenvalue weighted by molar-refractivity contribution is 0.0569. The van der Waals surface area contributed by atoms with Crippen LogP contribution in [0, 0.1) is 5.92 Å². The zero-order chi connectivity index (χ0) is 12.5. The minimum absolute atomic E-state index is 0.134. The van der Waals surface area contributed by atoms with Gasteiger partial charge in [-0.05, 0) is 31.5 Å². The predicted molar refractivity (Wildman–Crippen MR) is 71.5 cm³/mol. The molecule has 0 saturated carbocycles. The van der Waals surface area contributed by atoms with Crippen LogP contribution in [-0.2, 0) is 4.74 Å². The lowest BCUT2D eigenvalue weighted by Gasteiger charge is -2.23. The van der Waals surface area contributed by atoms with Gasteiger partial charge in [-0.2, -0.15) is 0 Å². The number of fused-ring (bicyclic) bond motifs is 1. The summed E-state index contributed by atoms with van der Waals surface area (Å²) in [4.78, 5) is 0. The van der Waals surface area contributed by atoms with Crippen molar-refractivity contribution in [2.24, 2.45) is 5.92 Å². The van der Waals surface area contributed by atoms with E-state index in [0.717, 1.165) is 29.8 Å². The molecule has 1 fully saturated rings. The number of likely N-dealkylation sites (N-methyl/N-ethyl adjacent to an activating group) is 1. The molecule has 1 aliphatic rings. The first-order valence-electron chi connectivity index (χ1n) is 6.57. The molecule has 0 spiro atoms. The molecule has 1 saturated heterocycles. The van der Waals surface area contributed by atoms with E-state index in [-0.39, 0.29) is 12.1 Å². The molecule has 2 heterocycles. The Kier molecular flexibility index (Phi) is 3.10. The van der Waals surface area contributed by atoms with Crippen molar-refractivity contribution in [2.45, 2.75) is 25.5 Å². The Hall–Kier alpha value is -1.32. The summed E-state index contributed by atoms with van der Waals surface area (Å²) >= 11 is 0. The van der Waals surface area contributed by atoms with Gasteiger partial charge in [0.2, 0.25) is 0 Å². The average molecular weight is 245 g/mol. The van der Waals surface area contributed by atoms with Crippen LogP contribution >= 0.6 is 0 Å². The summed E-state index contributed by atoms with van der Waals surface area (Å²) in [6, 6.07) is 10.4. The SMILES string of the molecule is CNC(c1cc2ccccc2o1)C1OCCC1C. The highest BCUT2D eigenvalue weighted by Gasteiger charge is 2.34. The summed E-state index contributed by atoms with van der Waals surface area (Å²) in [6.07, 6.45) is 1.33. The Labute approximate surface area is 107 Å². The molecule has 1 N–H and O–H groups in total. The fraction of sp³-hybridized carbons (Fsp3) is 0.467. The van der Waals surface area contributed by atoms with E-state index >= 15 is 0 Å². The Balaban J connectivity index is 1.95. The van der Waals surface area contributed by atoms with Crippen LogP contribution in [0.5, 0.6) is 0 Å². The molecule has 3 atom stereocenters. The van der Waals surface area contributed by atoms with Gasteiger partial charge >= 0.3 is 0 Å². The van der Waals surface area contributed by atoms with E-state index in [1.807, 2.05) is 25.2 Å². The van der Waals surface area contributed by atoms with Gasteiger partial charge in [0.05, 0.1) is 12.1 Å². The Morgan fingerprint density at radius 1 is 1.33 bits per heavy atom. The monoisotopic (exact) mass is 245 g/mol. The quantitative estimate of drug-likeness (QED) is 0.902. The molecule has 0 aliphatic carbocycles. The number of rotatable bonds is 3. The number of benzene rings is 1. The molecule has 3 heteroatoms. The van der Waals surface area contributed by atoms with Crippen molar-refractivity contribution < 1.29 is 9.15 Å². The van der Waals surface area contributed by atoms with Crippen LogP contribution in [0.2, 0.25) is 0 Å². The van der Waals surface area contributed by atoms with Gasteiger partial charge in [-0.3, -0.25) is 0 Å². The third kappa shape index (κ3) is 1.93. The van der Waals surface area contributed by atoms with Crippen molar-refractivity contribution in [3.63, 3.8) is 0 Å². The first-order valence-corrected chi connectivity index (χ1v) is 6.57. The highest BCUT2D eigenvalue weighted by Crippen LogP contribution is 2.33. The smallest absolute Gasteiger partial charge is 0.134 e. The van der Waals surface area contributed by atoms with Gasteiger partial charge in [-0.1, -0.05) is 25.1 Å². The summed E-state index contributed by atoms with van der Waals surface area (Å²) in [5.74, 6) is 1.54. The summed E-state index contributed by atoms with van der Waals surface area (Å²) in [5.41, 5.74) is 0.943. The Morgan fingerprint density at radius 2 is 2.17 bits per heavy atom. The van der Waals surface area contributed by atoms with Gasteiger partial charge < -0.3 is 14.5 Å². The van der Waals surface area contributed by atoms with E-state index in [9.17, 15) is 0 Å². The van der Waals surface area contributed by atoms with Crippen LogP contribution in [0.25, 0.3) is 11.0 Å². The van der Waals surface area contributed by atoms with Crippen LogP contribution in [0.4, 0.5) is 0 Å². The zero-order valence-electron chi connectivity index (χ0n) is 10.8. The molecule has 3 unspecified atom stereocenters. The number of ether oxygens (including phenoxy) is 1. The van der Waals surface area contributed by atoms with Gasteiger partial charge in [0.1, 0.15) is 11.3 Å². The maximum absolute atomic E-state index is 5.94. The van der Waals surface area contributed by atoms with E-state index in [1.54, 1.807) is 0 Å². The predicted octanol–water partition coefficient (Wildman–Crippen LogP) is 3.12. The van der Waals surface area contributed by atoms with Crippen molar-refractivity contribution in [2.75, 3.05) is 13.7 Å². The van der Waals surface area contributed by atoms with E-state index in [4.69, 9.17) is 9.15 Å². The molecule has 0 amide bonds. The highest BCUT2D eigenvalue weighted by molar-refractivity contribution is 5.77. The lowest BCUT2D eigenvalue weighted by atomic mass is 9.96. The second-order valence-electron chi connectivity index (χ2n) is 5.05. The van der Waals surface area contributed by atoms with Crippen LogP contribution in [0.1, 0.15) is 25.1 Å². The Bertz CT molecular complexity index is 501. The third-order valence-electron chi connectivity index (χ3n) is 3.83. The lowest BCUT2D eigenvalue weighted by Crippen LogP contribution is -2.32. The van der Waals surface area contributed by atoms with E-state index < -0.39 is 0 Å². The molecular formula is C15H19NO2. The first kappa shape index (κ1) is 11.8. The molecule has 1 aliphatic heterocycles. The average Bonchev–Trinajstić information content (AvgIpc) is 2.97. The first-order chi connectivity index (χ1) is 8.79. The maximum Gasteiger partial charge on any atom is 0.134 e. The summed E-state index contributed by atoms with van der Waals surface area (Å²) in [7, 11) is 1.96. The van der Waals surface area contributed by atoms with Crippen LogP contribution < -0.4 is 5.32 Å². The van der Waals surface area contributed by atoms with Gasteiger partial charge in [-0.25, -0.2) is 0 Å². The highest BCUT2D eigenvalue weighted by atomic mass is 16.5. The fourth-order valence-electron chi connectivity index (χ4n) is 2.77. The summed E-state index contributed by atoms with van der Waals surface area (Å²) in [5, 5.41) is 4.48. The molecule has 0 bridgehead atoms. The van der Waals surface area contributed by atoms with Crippen molar-refractivity contribution in [1.82, 2.24) is 5.32 Å². The maximum atomic E-state index is 5.94. The molecule has 18 heavy (non-hydrogen) atoms. The molecule has 2 aromatic rings. The standard InChI is InChI=1S/C15H19NO2/c1-10-7-8-17-15(10)14(16-2)13-9-11-5-3-4-6-12(11)18-13/h3-6,9-10,14-16H,7-8H2,1-2H3. The van der Waals surface area contributed by atoms with Gasteiger partial charge in [-0.15, -0.1) is 0 Å². The molecule has 96 valence electrons. The molecular weight excluding hydrogens is 226 g/mol. The number of para-hydroxylation sites is 1. The van der Waals surface area contributed by atoms with E-state index in [0.29, 0.717) is 5.92 Å². The number of furan rings is 1. The largest absolute Gasteiger partial charge is 0.459 e. The minimum atomic E-state index is 0.134. The summed E-state index contributed by atoms with van der Waals surface area (Å²) < 4.78 is 11.8. The summed E-state index contributed by atoms with van der Waals surface area (Å²) in [6.45, 7) is 3.09. The second kappa shape index (κ2) is 4.75. The molecule has 1 aromatic carbocycles. The van der Waals surface area contributed by atoms with Crippen LogP contribution in [-0.4, -0.2) is 19.8 Å². The molecule has 3 nitrogen and oxygen atoms in total. The number of nitrogens with one attached hydrogen (secondary N) is 1. The molecule has 3 rings (SSSR count). The topological polar surface area (TPSA) is 34.4 Å². The zero-order valence-corrected chi connectivity index (χ0v) is 10.8. The third-order valence-corrected chi connectivity index (χ3v) is 3.83. The van der Waals surface area contributed by atoms with Crippen molar-refractivity contribution >= 4 is 11.0 Å². The number of hydrogen-bond donors (Lipinski definition) is 1. The minimum Gasteiger partial charge on any atom is -0.459 e. The molecule has 0 radical (unpaired) electrons. The van der Waals surface area contributed by atoms with Crippen LogP contribution in [0.15, 0.2) is 34.7 Å².